The average Bonchev–Trinajstić information content (AvgIpc) is 2.75. The molecule has 1 aliphatic carbocycles. The van der Waals surface area contributed by atoms with Gasteiger partial charge in [-0.1, -0.05) is 6.42 Å². The van der Waals surface area contributed by atoms with Crippen LogP contribution in [0.5, 0.6) is 0 Å². The monoisotopic (exact) mass is 304 g/mol. The highest BCUT2D eigenvalue weighted by atomic mass is 32.1. The summed E-state index contributed by atoms with van der Waals surface area (Å²) < 4.78 is 0. The van der Waals surface area contributed by atoms with Gasteiger partial charge in [0.05, 0.1) is 0 Å². The average molecular weight is 304 g/mol. The zero-order valence-electron chi connectivity index (χ0n) is 12.5. The van der Waals surface area contributed by atoms with Gasteiger partial charge in [-0.3, -0.25) is 9.69 Å². The van der Waals surface area contributed by atoms with Gasteiger partial charge in [0.15, 0.2) is 0 Å². The zero-order valence-corrected chi connectivity index (χ0v) is 13.4. The molecule has 0 N–H and O–H groups in total. The van der Waals surface area contributed by atoms with Crippen molar-refractivity contribution in [1.29, 1.82) is 0 Å². The third-order valence-corrected chi connectivity index (χ3v) is 6.29. The second-order valence-electron chi connectivity index (χ2n) is 7.03. The topological polar surface area (TPSA) is 23.6 Å². The summed E-state index contributed by atoms with van der Waals surface area (Å²) >= 11 is 1.78. The number of rotatable bonds is 3. The summed E-state index contributed by atoms with van der Waals surface area (Å²) in [6, 6.07) is 2.81. The smallest absolute Gasteiger partial charge is 0.225 e. The molecule has 0 aromatic carbocycles. The lowest BCUT2D eigenvalue weighted by Crippen LogP contribution is -2.45. The number of piperidine rings is 1. The Morgan fingerprint density at radius 1 is 1.19 bits per heavy atom. The second kappa shape index (κ2) is 5.73. The van der Waals surface area contributed by atoms with E-state index in [1.807, 2.05) is 0 Å². The molecule has 0 radical (unpaired) electrons. The van der Waals surface area contributed by atoms with Crippen LogP contribution in [-0.4, -0.2) is 41.4 Å². The molecule has 21 heavy (non-hydrogen) atoms. The molecule has 3 aliphatic heterocycles. The molecule has 1 aromatic heterocycles. The summed E-state index contributed by atoms with van der Waals surface area (Å²) in [6.45, 7) is 4.22. The number of carbonyl (C=O) groups is 1. The Hall–Kier alpha value is -0.870. The van der Waals surface area contributed by atoms with Gasteiger partial charge < -0.3 is 4.90 Å². The fraction of sp³-hybridized carbons (Fsp3) is 0.706. The lowest BCUT2D eigenvalue weighted by Gasteiger charge is -2.36. The first-order valence-electron chi connectivity index (χ1n) is 8.33. The molecule has 1 amide bonds. The van der Waals surface area contributed by atoms with E-state index in [4.69, 9.17) is 0 Å². The summed E-state index contributed by atoms with van der Waals surface area (Å²) in [7, 11) is 0. The van der Waals surface area contributed by atoms with Crippen LogP contribution in [0.4, 0.5) is 0 Å². The van der Waals surface area contributed by atoms with Crippen LogP contribution in [0.2, 0.25) is 0 Å². The van der Waals surface area contributed by atoms with Gasteiger partial charge in [0.25, 0.3) is 0 Å². The van der Waals surface area contributed by atoms with Crippen LogP contribution in [0.15, 0.2) is 16.8 Å². The number of nitrogens with zero attached hydrogens (tertiary/aromatic N) is 2. The first-order chi connectivity index (χ1) is 10.3. The van der Waals surface area contributed by atoms with E-state index in [-0.39, 0.29) is 0 Å². The summed E-state index contributed by atoms with van der Waals surface area (Å²) in [6.07, 6.45) is 6.08. The fourth-order valence-corrected chi connectivity index (χ4v) is 4.74. The third kappa shape index (κ3) is 2.76. The van der Waals surface area contributed by atoms with E-state index in [1.165, 1.54) is 31.4 Å². The van der Waals surface area contributed by atoms with Crippen LogP contribution >= 0.6 is 11.3 Å². The van der Waals surface area contributed by atoms with Gasteiger partial charge in [-0.25, -0.2) is 0 Å². The number of hydrogen-bond acceptors (Lipinski definition) is 3. The van der Waals surface area contributed by atoms with E-state index >= 15 is 0 Å². The molecular weight excluding hydrogens is 280 g/mol. The predicted molar refractivity (Wildman–Crippen MR) is 85.2 cm³/mol. The zero-order chi connectivity index (χ0) is 14.2. The molecule has 1 saturated carbocycles. The minimum atomic E-state index is 0.354. The van der Waals surface area contributed by atoms with Crippen LogP contribution < -0.4 is 0 Å². The normalized spacial score (nSPS) is 30.2. The molecule has 4 aliphatic rings. The van der Waals surface area contributed by atoms with Crippen LogP contribution in [0.25, 0.3) is 0 Å². The summed E-state index contributed by atoms with van der Waals surface area (Å²) in [4.78, 5) is 17.4. The van der Waals surface area contributed by atoms with Gasteiger partial charge in [-0.05, 0) is 54.0 Å². The maximum Gasteiger partial charge on any atom is 0.225 e. The van der Waals surface area contributed by atoms with Crippen molar-refractivity contribution in [2.75, 3.05) is 19.6 Å². The van der Waals surface area contributed by atoms with E-state index in [0.29, 0.717) is 23.8 Å². The Morgan fingerprint density at radius 2 is 2.10 bits per heavy atom. The van der Waals surface area contributed by atoms with Crippen molar-refractivity contribution in [2.45, 2.75) is 44.7 Å². The quantitative estimate of drug-likeness (QED) is 0.857. The lowest BCUT2D eigenvalue weighted by molar-refractivity contribution is -0.138. The van der Waals surface area contributed by atoms with Crippen LogP contribution in [0, 0.1) is 11.8 Å². The molecule has 2 atom stereocenters. The standard InChI is InChI=1S/C17H24N2OS/c20-17(15-2-1-3-15)19-9-13-4-5-16(11-19)18(8-13)10-14-6-7-21-12-14/h6-7,12-13,15-16H,1-5,8-11H2/t13-,16-/m0/s1. The molecule has 4 fully saturated rings. The van der Waals surface area contributed by atoms with Crippen LogP contribution in [0.1, 0.15) is 37.7 Å². The molecule has 2 bridgehead atoms. The maximum atomic E-state index is 12.6. The number of thiophene rings is 1. The molecule has 3 nitrogen and oxygen atoms in total. The van der Waals surface area contributed by atoms with Crippen molar-refractivity contribution in [2.24, 2.45) is 11.8 Å². The molecule has 1 aromatic rings. The molecule has 4 heteroatoms. The molecule has 0 spiro atoms. The van der Waals surface area contributed by atoms with Crippen molar-refractivity contribution < 1.29 is 4.79 Å². The Morgan fingerprint density at radius 3 is 2.81 bits per heavy atom. The Balaban J connectivity index is 1.45. The fourth-order valence-electron chi connectivity index (χ4n) is 4.08. The highest BCUT2D eigenvalue weighted by molar-refractivity contribution is 7.07. The minimum absolute atomic E-state index is 0.354. The Bertz CT molecular complexity index is 497. The van der Waals surface area contributed by atoms with Crippen molar-refractivity contribution in [1.82, 2.24) is 9.80 Å². The molecular formula is C17H24N2OS. The third-order valence-electron chi connectivity index (χ3n) is 5.56. The van der Waals surface area contributed by atoms with Gasteiger partial charge in [0.2, 0.25) is 5.91 Å². The van der Waals surface area contributed by atoms with Crippen molar-refractivity contribution >= 4 is 17.2 Å². The predicted octanol–water partition coefficient (Wildman–Crippen LogP) is 2.97. The van der Waals surface area contributed by atoms with Crippen molar-refractivity contribution in [3.63, 3.8) is 0 Å². The highest BCUT2D eigenvalue weighted by Crippen LogP contribution is 2.33. The first kappa shape index (κ1) is 13.8. The lowest BCUT2D eigenvalue weighted by atomic mass is 9.84. The van der Waals surface area contributed by atoms with Gasteiger partial charge >= 0.3 is 0 Å². The van der Waals surface area contributed by atoms with Crippen LogP contribution in [-0.2, 0) is 11.3 Å². The molecule has 114 valence electrons. The van der Waals surface area contributed by atoms with Gasteiger partial charge in [0, 0.05) is 38.1 Å². The number of hydrogen-bond donors (Lipinski definition) is 0. The Labute approximate surface area is 130 Å². The largest absolute Gasteiger partial charge is 0.341 e. The van der Waals surface area contributed by atoms with Crippen molar-refractivity contribution in [3.05, 3.63) is 22.4 Å². The van der Waals surface area contributed by atoms with E-state index in [1.54, 1.807) is 11.3 Å². The van der Waals surface area contributed by atoms with Gasteiger partial charge in [0.1, 0.15) is 0 Å². The van der Waals surface area contributed by atoms with E-state index in [9.17, 15) is 4.79 Å². The molecule has 3 saturated heterocycles. The SMILES string of the molecule is O=C(C1CCC1)N1C[C@H]2CC[C@@H](C1)N(Cc1ccsc1)C2. The van der Waals surface area contributed by atoms with Crippen molar-refractivity contribution in [3.8, 4) is 0 Å². The first-order valence-corrected chi connectivity index (χ1v) is 9.28. The van der Waals surface area contributed by atoms with E-state index in [2.05, 4.69) is 26.6 Å². The van der Waals surface area contributed by atoms with E-state index in [0.717, 1.165) is 32.5 Å². The minimum Gasteiger partial charge on any atom is -0.341 e. The number of fused-ring (bicyclic) bond motifs is 4. The van der Waals surface area contributed by atoms with Crippen LogP contribution in [0.3, 0.4) is 0 Å². The van der Waals surface area contributed by atoms with Gasteiger partial charge in [-0.15, -0.1) is 0 Å². The van der Waals surface area contributed by atoms with E-state index < -0.39 is 0 Å². The summed E-state index contributed by atoms with van der Waals surface area (Å²) in [5.41, 5.74) is 1.43. The number of carbonyl (C=O) groups excluding carboxylic acids is 1. The molecule has 4 heterocycles. The molecule has 5 rings (SSSR count). The summed E-state index contributed by atoms with van der Waals surface area (Å²) in [5.74, 6) is 1.50. The number of amides is 1. The van der Waals surface area contributed by atoms with Gasteiger partial charge in [-0.2, -0.15) is 11.3 Å². The maximum absolute atomic E-state index is 12.6. The highest BCUT2D eigenvalue weighted by Gasteiger charge is 2.38. The Kier molecular flexibility index (Phi) is 3.76. The summed E-state index contributed by atoms with van der Waals surface area (Å²) in [5, 5.41) is 4.42. The molecule has 0 unspecified atom stereocenters. The second-order valence-corrected chi connectivity index (χ2v) is 7.81.